The van der Waals surface area contributed by atoms with Crippen LogP contribution in [0.1, 0.15) is 24.5 Å². The number of aromatic amines is 1. The summed E-state index contributed by atoms with van der Waals surface area (Å²) >= 11 is 1.51. The maximum Gasteiger partial charge on any atom is 0.416 e. The molecule has 2 aliphatic heterocycles. The summed E-state index contributed by atoms with van der Waals surface area (Å²) in [5, 5.41) is 1.04. The van der Waals surface area contributed by atoms with Gasteiger partial charge in [0.2, 0.25) is 0 Å². The van der Waals surface area contributed by atoms with Crippen molar-refractivity contribution in [2.45, 2.75) is 41.8 Å². The Morgan fingerprint density at radius 2 is 1.70 bits per heavy atom. The van der Waals surface area contributed by atoms with Gasteiger partial charge in [-0.15, -0.1) is 0 Å². The second-order valence-corrected chi connectivity index (χ2v) is 13.0. The molecule has 0 amide bonds. The number of nitrogens with zero attached hydrogens (tertiary/aromatic N) is 3. The van der Waals surface area contributed by atoms with Crippen LogP contribution in [0.15, 0.2) is 76.7 Å². The number of nitrogens with two attached hydrogens (primary N) is 1. The van der Waals surface area contributed by atoms with Crippen LogP contribution in [0.25, 0.3) is 10.9 Å². The Bertz CT molecular complexity index is 1690. The molecule has 6 rings (SSSR count). The van der Waals surface area contributed by atoms with Gasteiger partial charge in [-0.05, 0) is 86.9 Å². The molecule has 0 spiro atoms. The number of benzene rings is 3. The number of hydrogen-bond acceptors (Lipinski definition) is 8. The fourth-order valence-electron chi connectivity index (χ4n) is 6.17. The number of carbonyl (C=O) groups excluding carboxylic acids is 1. The molecule has 3 heterocycles. The molecule has 0 saturated carbocycles. The van der Waals surface area contributed by atoms with E-state index in [1.54, 1.807) is 13.0 Å². The lowest BCUT2D eigenvalue weighted by Gasteiger charge is -2.36. The number of hydrogen-bond donors (Lipinski definition) is 2. The number of aromatic nitrogens is 1. The van der Waals surface area contributed by atoms with Crippen molar-refractivity contribution in [3.8, 4) is 5.75 Å². The third-order valence-electron chi connectivity index (χ3n) is 8.72. The van der Waals surface area contributed by atoms with Gasteiger partial charge >= 0.3 is 12.1 Å². The average molecular weight is 668 g/mol. The third kappa shape index (κ3) is 7.89. The summed E-state index contributed by atoms with van der Waals surface area (Å²) in [5.41, 5.74) is 8.76. The van der Waals surface area contributed by atoms with Crippen molar-refractivity contribution >= 4 is 40.0 Å². The molecule has 1 fully saturated rings. The van der Waals surface area contributed by atoms with Crippen LogP contribution < -0.4 is 15.4 Å². The third-order valence-corrected chi connectivity index (χ3v) is 9.85. The van der Waals surface area contributed by atoms with Crippen LogP contribution in [0.2, 0.25) is 0 Å². The fraction of sp³-hybridized carbons (Fsp3) is 0.400. The Morgan fingerprint density at radius 1 is 0.957 bits per heavy atom. The van der Waals surface area contributed by atoms with E-state index in [2.05, 4.69) is 14.8 Å². The second kappa shape index (κ2) is 14.6. The second-order valence-electron chi connectivity index (χ2n) is 11.9. The predicted molar refractivity (Wildman–Crippen MR) is 179 cm³/mol. The zero-order valence-corrected chi connectivity index (χ0v) is 27.2. The van der Waals surface area contributed by atoms with Gasteiger partial charge in [-0.1, -0.05) is 23.9 Å². The SMILES string of the molecule is CC(Oc1ccc2[nH]cc(CCN)c2c1)C(=O)OCCN1CCN(CCCN2c3ccccc3Sc3ccc(C(F)(F)F)cc32)CC1. The highest BCUT2D eigenvalue weighted by atomic mass is 32.2. The van der Waals surface area contributed by atoms with E-state index in [1.165, 1.54) is 17.8 Å². The molecule has 1 atom stereocenters. The highest BCUT2D eigenvalue weighted by Gasteiger charge is 2.33. The van der Waals surface area contributed by atoms with Gasteiger partial charge in [0, 0.05) is 66.2 Å². The number of fused-ring (bicyclic) bond motifs is 3. The minimum Gasteiger partial charge on any atom is -0.479 e. The van der Waals surface area contributed by atoms with Gasteiger partial charge in [-0.2, -0.15) is 13.2 Å². The minimum atomic E-state index is -4.39. The summed E-state index contributed by atoms with van der Waals surface area (Å²) in [6.45, 7) is 8.11. The lowest BCUT2D eigenvalue weighted by molar-refractivity contribution is -0.151. The number of esters is 1. The number of H-pyrrole nitrogens is 1. The number of halogens is 3. The van der Waals surface area contributed by atoms with Crippen molar-refractivity contribution in [1.82, 2.24) is 14.8 Å². The summed E-state index contributed by atoms with van der Waals surface area (Å²) in [6.07, 6.45) is -1.61. The Balaban J connectivity index is 0.937. The van der Waals surface area contributed by atoms with Crippen molar-refractivity contribution in [3.63, 3.8) is 0 Å². The smallest absolute Gasteiger partial charge is 0.416 e. The van der Waals surface area contributed by atoms with Gasteiger partial charge < -0.3 is 30.0 Å². The van der Waals surface area contributed by atoms with Crippen molar-refractivity contribution < 1.29 is 27.4 Å². The van der Waals surface area contributed by atoms with Crippen LogP contribution in [-0.2, 0) is 22.1 Å². The monoisotopic (exact) mass is 667 g/mol. The van der Waals surface area contributed by atoms with Crippen LogP contribution in [0.4, 0.5) is 24.5 Å². The molecule has 0 aliphatic carbocycles. The van der Waals surface area contributed by atoms with Crippen molar-refractivity contribution in [2.75, 3.05) is 63.9 Å². The zero-order valence-electron chi connectivity index (χ0n) is 26.4. The number of nitrogens with one attached hydrogen (secondary N) is 1. The lowest BCUT2D eigenvalue weighted by Crippen LogP contribution is -2.48. The van der Waals surface area contributed by atoms with Crippen molar-refractivity contribution in [2.24, 2.45) is 5.73 Å². The topological polar surface area (TPSA) is 87.1 Å². The summed E-state index contributed by atoms with van der Waals surface area (Å²) in [7, 11) is 0. The number of anilines is 2. The summed E-state index contributed by atoms with van der Waals surface area (Å²) < 4.78 is 52.0. The molecular weight excluding hydrogens is 627 g/mol. The average Bonchev–Trinajstić information content (AvgIpc) is 3.46. The molecule has 4 aromatic rings. The number of alkyl halides is 3. The summed E-state index contributed by atoms with van der Waals surface area (Å²) in [5.74, 6) is 0.205. The predicted octanol–water partition coefficient (Wildman–Crippen LogP) is 6.31. The molecule has 1 aromatic heterocycles. The largest absolute Gasteiger partial charge is 0.479 e. The Hall–Kier alpha value is -3.71. The Morgan fingerprint density at radius 3 is 2.47 bits per heavy atom. The normalized spacial score (nSPS) is 16.1. The van der Waals surface area contributed by atoms with E-state index in [-0.39, 0.29) is 6.61 Å². The van der Waals surface area contributed by atoms with Gasteiger partial charge in [-0.3, -0.25) is 4.90 Å². The van der Waals surface area contributed by atoms with Gasteiger partial charge in [0.15, 0.2) is 6.10 Å². The zero-order chi connectivity index (χ0) is 33.0. The van der Waals surface area contributed by atoms with E-state index >= 15 is 0 Å². The van der Waals surface area contributed by atoms with Gasteiger partial charge in [0.25, 0.3) is 0 Å². The first-order valence-corrected chi connectivity index (χ1v) is 16.8. The van der Waals surface area contributed by atoms with Crippen LogP contribution in [0, 0.1) is 0 Å². The molecule has 1 unspecified atom stereocenters. The van der Waals surface area contributed by atoms with E-state index in [9.17, 15) is 18.0 Å². The molecular formula is C35H40F3N5O3S. The van der Waals surface area contributed by atoms with E-state index in [0.29, 0.717) is 31.1 Å². The number of piperazine rings is 1. The van der Waals surface area contributed by atoms with E-state index in [1.807, 2.05) is 53.6 Å². The molecule has 2 aliphatic rings. The minimum absolute atomic E-state index is 0.287. The maximum atomic E-state index is 13.5. The summed E-state index contributed by atoms with van der Waals surface area (Å²) in [6, 6.07) is 17.6. The molecule has 8 nitrogen and oxygen atoms in total. The molecule has 250 valence electrons. The molecule has 3 N–H and O–H groups in total. The summed E-state index contributed by atoms with van der Waals surface area (Å²) in [4.78, 5) is 24.4. The van der Waals surface area contributed by atoms with Gasteiger partial charge in [0.05, 0.1) is 16.9 Å². The molecule has 0 bridgehead atoms. The maximum absolute atomic E-state index is 13.5. The Kier molecular flexibility index (Phi) is 10.3. The van der Waals surface area contributed by atoms with Crippen molar-refractivity contribution in [1.29, 1.82) is 0 Å². The van der Waals surface area contributed by atoms with Crippen LogP contribution in [-0.4, -0.2) is 85.8 Å². The van der Waals surface area contributed by atoms with E-state index in [0.717, 1.165) is 83.6 Å². The lowest BCUT2D eigenvalue weighted by atomic mass is 10.1. The first kappa shape index (κ1) is 33.2. The molecule has 0 radical (unpaired) electrons. The first-order valence-electron chi connectivity index (χ1n) is 16.0. The highest BCUT2D eigenvalue weighted by molar-refractivity contribution is 7.99. The van der Waals surface area contributed by atoms with Crippen molar-refractivity contribution in [3.05, 3.63) is 78.0 Å². The van der Waals surface area contributed by atoms with Gasteiger partial charge in [-0.25, -0.2) is 4.79 Å². The van der Waals surface area contributed by atoms with E-state index < -0.39 is 23.8 Å². The quantitative estimate of drug-likeness (QED) is 0.170. The first-order chi connectivity index (χ1) is 22.7. The number of para-hydroxylation sites is 1. The molecule has 47 heavy (non-hydrogen) atoms. The van der Waals surface area contributed by atoms with Crippen LogP contribution in [0.5, 0.6) is 5.75 Å². The fourth-order valence-corrected chi connectivity index (χ4v) is 7.25. The Labute approximate surface area is 277 Å². The highest BCUT2D eigenvalue weighted by Crippen LogP contribution is 2.49. The van der Waals surface area contributed by atoms with Crippen LogP contribution in [0.3, 0.4) is 0 Å². The van der Waals surface area contributed by atoms with Crippen LogP contribution >= 0.6 is 11.8 Å². The van der Waals surface area contributed by atoms with E-state index in [4.69, 9.17) is 15.2 Å². The number of ether oxygens (including phenoxy) is 2. The molecule has 3 aromatic carbocycles. The number of rotatable bonds is 12. The standard InChI is InChI=1S/C35H40F3N5O3S/c1-24(46-27-8-9-29-28(22-27)25(11-12-39)23-40-29)34(44)45-20-19-42-17-15-41(16-18-42)13-4-14-43-30-5-2-3-6-32(30)47-33-10-7-26(21-31(33)43)35(36,37)38/h2-3,5-10,21-24,40H,4,11-20,39H2,1H3. The molecule has 12 heteroatoms. The number of carbonyl (C=O) groups is 1. The van der Waals surface area contributed by atoms with Gasteiger partial charge in [0.1, 0.15) is 12.4 Å². The molecule has 1 saturated heterocycles.